The average molecular weight is 364 g/mol. The highest BCUT2D eigenvalue weighted by Crippen LogP contribution is 2.28. The van der Waals surface area contributed by atoms with Gasteiger partial charge in [-0.25, -0.2) is 9.97 Å². The van der Waals surface area contributed by atoms with Gasteiger partial charge in [0, 0.05) is 4.90 Å². The van der Waals surface area contributed by atoms with Gasteiger partial charge in [-0.1, -0.05) is 18.2 Å². The molecule has 0 radical (unpaired) electrons. The molecule has 0 saturated carbocycles. The third-order valence-corrected chi connectivity index (χ3v) is 4.41. The van der Waals surface area contributed by atoms with Crippen LogP contribution in [0.3, 0.4) is 0 Å². The monoisotopic (exact) mass is 364 g/mol. The number of hydrogen-bond acceptors (Lipinski definition) is 7. The molecule has 0 saturated heterocycles. The largest absolute Gasteiger partial charge is 0.507 e. The van der Waals surface area contributed by atoms with Gasteiger partial charge < -0.3 is 5.11 Å². The normalized spacial score (nSPS) is 11.0. The molecule has 0 spiro atoms. The van der Waals surface area contributed by atoms with Crippen LogP contribution >= 0.6 is 11.8 Å². The quantitative estimate of drug-likeness (QED) is 0.511. The van der Waals surface area contributed by atoms with Crippen LogP contribution in [0.2, 0.25) is 0 Å². The number of aromatic nitrogens is 2. The lowest BCUT2D eigenvalue weighted by Gasteiger charge is -2.03. The molecule has 2 aromatic carbocycles. The van der Waals surface area contributed by atoms with E-state index >= 15 is 0 Å². The number of thioether (sulfide) groups is 1. The van der Waals surface area contributed by atoms with Crippen LogP contribution in [0.25, 0.3) is 0 Å². The minimum Gasteiger partial charge on any atom is -0.507 e. The van der Waals surface area contributed by atoms with Crippen LogP contribution in [0.1, 0.15) is 21.7 Å². The molecular weight excluding hydrogens is 348 g/mol. The van der Waals surface area contributed by atoms with E-state index in [1.54, 1.807) is 26.0 Å². The van der Waals surface area contributed by atoms with Crippen molar-refractivity contribution in [3.63, 3.8) is 0 Å². The summed E-state index contributed by atoms with van der Waals surface area (Å²) in [5.41, 5.74) is 2.52. The molecule has 0 aliphatic carbocycles. The van der Waals surface area contributed by atoms with Crippen molar-refractivity contribution in [3.8, 4) is 5.75 Å². The smallest absolute Gasteiger partial charge is 0.261 e. The number of azo groups is 1. The standard InChI is InChI=1S/C19H16N4O2S/c1-12-8-14(9-13(2)17(12)24)22-23-15-10-20-18(21-11-15)19(25)26-16-6-4-3-5-7-16/h3-11,24H,1-2H3. The molecular formula is C19H16N4O2S. The second kappa shape index (κ2) is 7.88. The fourth-order valence-corrected chi connectivity index (χ4v) is 2.93. The minimum atomic E-state index is -0.232. The van der Waals surface area contributed by atoms with Crippen LogP contribution in [0.4, 0.5) is 11.4 Å². The average Bonchev–Trinajstić information content (AvgIpc) is 2.65. The van der Waals surface area contributed by atoms with Gasteiger partial charge in [0.15, 0.2) is 0 Å². The molecule has 0 unspecified atom stereocenters. The Hall–Kier alpha value is -3.06. The fourth-order valence-electron chi connectivity index (χ4n) is 2.23. The zero-order chi connectivity index (χ0) is 18.5. The van der Waals surface area contributed by atoms with Crippen molar-refractivity contribution in [2.45, 2.75) is 18.7 Å². The number of benzene rings is 2. The molecule has 3 aromatic rings. The highest BCUT2D eigenvalue weighted by Gasteiger charge is 2.11. The summed E-state index contributed by atoms with van der Waals surface area (Å²) in [6.07, 6.45) is 2.91. The topological polar surface area (TPSA) is 87.8 Å². The van der Waals surface area contributed by atoms with Crippen molar-refractivity contribution in [3.05, 3.63) is 71.8 Å². The summed E-state index contributed by atoms with van der Waals surface area (Å²) < 4.78 is 0. The first-order valence-electron chi connectivity index (χ1n) is 7.84. The molecule has 7 heteroatoms. The van der Waals surface area contributed by atoms with Crippen LogP contribution in [0.15, 0.2) is 70.0 Å². The molecule has 0 atom stereocenters. The first-order valence-corrected chi connectivity index (χ1v) is 8.66. The van der Waals surface area contributed by atoms with E-state index in [1.165, 1.54) is 12.4 Å². The number of aromatic hydroxyl groups is 1. The van der Waals surface area contributed by atoms with E-state index in [1.807, 2.05) is 30.3 Å². The molecule has 3 rings (SSSR count). The predicted molar refractivity (Wildman–Crippen MR) is 100 cm³/mol. The van der Waals surface area contributed by atoms with Gasteiger partial charge in [0.2, 0.25) is 5.82 Å². The lowest BCUT2D eigenvalue weighted by molar-refractivity contribution is 0.108. The Morgan fingerprint density at radius 2 is 1.54 bits per heavy atom. The van der Waals surface area contributed by atoms with Crippen molar-refractivity contribution < 1.29 is 9.90 Å². The first-order chi connectivity index (χ1) is 12.5. The zero-order valence-electron chi connectivity index (χ0n) is 14.2. The number of carbonyl (C=O) groups is 1. The van der Waals surface area contributed by atoms with Crippen molar-refractivity contribution in [2.24, 2.45) is 10.2 Å². The maximum Gasteiger partial charge on any atom is 0.261 e. The summed E-state index contributed by atoms with van der Waals surface area (Å²) in [5.74, 6) is 0.375. The highest BCUT2D eigenvalue weighted by atomic mass is 32.2. The third kappa shape index (κ3) is 4.31. The molecule has 26 heavy (non-hydrogen) atoms. The lowest BCUT2D eigenvalue weighted by Crippen LogP contribution is -2.00. The molecule has 0 bridgehead atoms. The number of phenols is 1. The van der Waals surface area contributed by atoms with E-state index in [0.29, 0.717) is 11.4 Å². The summed E-state index contributed by atoms with van der Waals surface area (Å²) in [6.45, 7) is 3.60. The fraction of sp³-hybridized carbons (Fsp3) is 0.105. The van der Waals surface area contributed by atoms with Gasteiger partial charge in [0.1, 0.15) is 11.4 Å². The van der Waals surface area contributed by atoms with Gasteiger partial charge in [0.25, 0.3) is 5.12 Å². The van der Waals surface area contributed by atoms with Crippen molar-refractivity contribution >= 4 is 28.3 Å². The van der Waals surface area contributed by atoms with Gasteiger partial charge in [-0.3, -0.25) is 4.79 Å². The first kappa shape index (κ1) is 17.8. The van der Waals surface area contributed by atoms with Crippen LogP contribution in [-0.4, -0.2) is 20.2 Å². The Morgan fingerprint density at radius 3 is 2.15 bits per heavy atom. The highest BCUT2D eigenvalue weighted by molar-refractivity contribution is 8.14. The van der Waals surface area contributed by atoms with E-state index in [-0.39, 0.29) is 16.7 Å². The number of nitrogens with zero attached hydrogens (tertiary/aromatic N) is 4. The van der Waals surface area contributed by atoms with E-state index in [9.17, 15) is 9.90 Å². The molecule has 1 N–H and O–H groups in total. The summed E-state index contributed by atoms with van der Waals surface area (Å²) in [4.78, 5) is 21.1. The lowest BCUT2D eigenvalue weighted by atomic mass is 10.1. The van der Waals surface area contributed by atoms with Crippen LogP contribution < -0.4 is 0 Å². The Balaban J connectivity index is 1.70. The second-order valence-electron chi connectivity index (χ2n) is 5.60. The van der Waals surface area contributed by atoms with Gasteiger partial charge in [-0.05, 0) is 61.0 Å². The van der Waals surface area contributed by atoms with Crippen molar-refractivity contribution in [2.75, 3.05) is 0 Å². The number of hydrogen-bond donors (Lipinski definition) is 1. The third-order valence-electron chi connectivity index (χ3n) is 3.53. The van der Waals surface area contributed by atoms with Gasteiger partial charge in [-0.2, -0.15) is 5.11 Å². The number of rotatable bonds is 4. The molecule has 0 amide bonds. The predicted octanol–water partition coefficient (Wildman–Crippen LogP) is 5.15. The molecule has 0 aliphatic rings. The Bertz CT molecular complexity index is 934. The molecule has 130 valence electrons. The Kier molecular flexibility index (Phi) is 5.38. The van der Waals surface area contributed by atoms with E-state index in [0.717, 1.165) is 27.8 Å². The van der Waals surface area contributed by atoms with Gasteiger partial charge in [0.05, 0.1) is 18.1 Å². The summed E-state index contributed by atoms with van der Waals surface area (Å²) in [7, 11) is 0. The second-order valence-corrected chi connectivity index (χ2v) is 6.64. The SMILES string of the molecule is Cc1cc(N=Nc2cnc(C(=O)Sc3ccccc3)nc2)cc(C)c1O. The molecule has 0 aliphatic heterocycles. The minimum absolute atomic E-state index is 0.120. The maximum atomic E-state index is 12.2. The molecule has 1 heterocycles. The van der Waals surface area contributed by atoms with Crippen LogP contribution in [0.5, 0.6) is 5.75 Å². The molecule has 6 nitrogen and oxygen atoms in total. The summed E-state index contributed by atoms with van der Waals surface area (Å²) >= 11 is 1.08. The van der Waals surface area contributed by atoms with E-state index in [2.05, 4.69) is 20.2 Å². The van der Waals surface area contributed by atoms with Gasteiger partial charge in [-0.15, -0.1) is 5.11 Å². The maximum absolute atomic E-state index is 12.2. The van der Waals surface area contributed by atoms with Crippen molar-refractivity contribution in [1.82, 2.24) is 9.97 Å². The number of carbonyl (C=O) groups excluding carboxylic acids is 1. The van der Waals surface area contributed by atoms with Crippen molar-refractivity contribution in [1.29, 1.82) is 0 Å². The molecule has 1 aromatic heterocycles. The van der Waals surface area contributed by atoms with E-state index < -0.39 is 0 Å². The Labute approximate surface area is 155 Å². The van der Waals surface area contributed by atoms with Crippen LogP contribution in [-0.2, 0) is 0 Å². The number of phenolic OH excluding ortho intramolecular Hbond substituents is 1. The number of aryl methyl sites for hydroxylation is 2. The van der Waals surface area contributed by atoms with E-state index in [4.69, 9.17) is 0 Å². The Morgan fingerprint density at radius 1 is 0.962 bits per heavy atom. The summed E-state index contributed by atoms with van der Waals surface area (Å²) in [6, 6.07) is 12.8. The molecule has 0 fully saturated rings. The zero-order valence-corrected chi connectivity index (χ0v) is 15.1. The summed E-state index contributed by atoms with van der Waals surface area (Å²) in [5, 5.41) is 17.7. The van der Waals surface area contributed by atoms with Crippen LogP contribution in [0, 0.1) is 13.8 Å². The van der Waals surface area contributed by atoms with Gasteiger partial charge >= 0.3 is 0 Å².